The largest absolute Gasteiger partial charge is 0.392 e. The number of hydrogen-bond donors (Lipinski definition) is 1. The predicted molar refractivity (Wildman–Crippen MR) is 87.5 cm³/mol. The van der Waals surface area contributed by atoms with Crippen LogP contribution in [0.4, 0.5) is 0 Å². The lowest BCUT2D eigenvalue weighted by Crippen LogP contribution is -2.47. The first kappa shape index (κ1) is 19.3. The number of aliphatic hydroxyl groups excluding tert-OH is 1. The van der Waals surface area contributed by atoms with Crippen molar-refractivity contribution in [1.29, 1.82) is 0 Å². The molecule has 4 atom stereocenters. The van der Waals surface area contributed by atoms with Crippen molar-refractivity contribution in [1.82, 2.24) is 0 Å². The van der Waals surface area contributed by atoms with Crippen LogP contribution in [0.5, 0.6) is 0 Å². The van der Waals surface area contributed by atoms with Crippen molar-refractivity contribution in [3.8, 4) is 0 Å². The fourth-order valence-electron chi connectivity index (χ4n) is 3.18. The fraction of sp³-hybridized carbons (Fsp3) is 0.833. The molecule has 0 spiro atoms. The van der Waals surface area contributed by atoms with E-state index < -0.39 is 11.5 Å². The molecule has 1 rings (SSSR count). The van der Waals surface area contributed by atoms with Gasteiger partial charge in [-0.05, 0) is 31.6 Å². The van der Waals surface area contributed by atoms with Crippen molar-refractivity contribution in [3.05, 3.63) is 12.7 Å². The van der Waals surface area contributed by atoms with E-state index in [1.54, 1.807) is 0 Å². The van der Waals surface area contributed by atoms with E-state index in [1.807, 2.05) is 33.8 Å². The monoisotopic (exact) mass is 312 g/mol. The molecule has 1 saturated heterocycles. The molecule has 4 heteroatoms. The molecule has 1 fully saturated rings. The molecule has 0 aromatic heterocycles. The van der Waals surface area contributed by atoms with Crippen LogP contribution in [0.1, 0.15) is 53.4 Å². The van der Waals surface area contributed by atoms with Crippen LogP contribution in [0.15, 0.2) is 12.7 Å². The zero-order valence-electron chi connectivity index (χ0n) is 14.5. The van der Waals surface area contributed by atoms with E-state index in [0.717, 1.165) is 25.7 Å². The van der Waals surface area contributed by atoms with E-state index in [-0.39, 0.29) is 30.5 Å². The summed E-state index contributed by atoms with van der Waals surface area (Å²) < 4.78 is 10.8. The van der Waals surface area contributed by atoms with E-state index in [1.165, 1.54) is 0 Å². The standard InChI is InChI=1S/C18H32O4/c1-6-7-8-9-13(2)16(19)14(3)17(20)18(4,5)15-10-11-21-12-22-15/h6,13-16,19H,1,7-12H2,2-5H3/t13?,14-,15+,16+/m1/s1. The van der Waals surface area contributed by atoms with Gasteiger partial charge in [-0.2, -0.15) is 0 Å². The van der Waals surface area contributed by atoms with Crippen molar-refractivity contribution in [2.24, 2.45) is 17.3 Å². The summed E-state index contributed by atoms with van der Waals surface area (Å²) in [5.41, 5.74) is -0.606. The Hall–Kier alpha value is -0.710. The van der Waals surface area contributed by atoms with Crippen molar-refractivity contribution >= 4 is 5.78 Å². The summed E-state index contributed by atoms with van der Waals surface area (Å²) in [6, 6.07) is 0. The Morgan fingerprint density at radius 1 is 1.45 bits per heavy atom. The second-order valence-corrected chi connectivity index (χ2v) is 7.03. The van der Waals surface area contributed by atoms with Crippen molar-refractivity contribution < 1.29 is 19.4 Å². The Morgan fingerprint density at radius 3 is 2.68 bits per heavy atom. The minimum Gasteiger partial charge on any atom is -0.392 e. The Labute approximate surface area is 134 Å². The highest BCUT2D eigenvalue weighted by Gasteiger charge is 2.42. The van der Waals surface area contributed by atoms with Crippen molar-refractivity contribution in [2.75, 3.05) is 13.4 Å². The number of ether oxygens (including phenoxy) is 2. The van der Waals surface area contributed by atoms with Crippen LogP contribution < -0.4 is 0 Å². The number of ketones is 1. The molecule has 1 unspecified atom stereocenters. The average molecular weight is 312 g/mol. The van der Waals surface area contributed by atoms with Crippen LogP contribution >= 0.6 is 0 Å². The molecule has 4 nitrogen and oxygen atoms in total. The van der Waals surface area contributed by atoms with E-state index >= 15 is 0 Å². The first-order chi connectivity index (χ1) is 10.3. The quantitative estimate of drug-likeness (QED) is 0.524. The van der Waals surface area contributed by atoms with Gasteiger partial charge >= 0.3 is 0 Å². The van der Waals surface area contributed by atoms with Gasteiger partial charge in [0.25, 0.3) is 0 Å². The smallest absolute Gasteiger partial charge is 0.147 e. The number of carbonyl (C=O) groups excluding carboxylic acids is 1. The normalized spacial score (nSPS) is 23.6. The van der Waals surface area contributed by atoms with Crippen LogP contribution in [0.25, 0.3) is 0 Å². The molecule has 128 valence electrons. The highest BCUT2D eigenvalue weighted by Crippen LogP contribution is 2.34. The second kappa shape index (κ2) is 8.80. The maximum absolute atomic E-state index is 12.8. The zero-order valence-corrected chi connectivity index (χ0v) is 14.5. The molecule has 1 aliphatic rings. The molecule has 0 aliphatic carbocycles. The fourth-order valence-corrected chi connectivity index (χ4v) is 3.18. The molecule has 1 heterocycles. The minimum atomic E-state index is -0.614. The van der Waals surface area contributed by atoms with Crippen LogP contribution in [-0.2, 0) is 14.3 Å². The molecular formula is C18H32O4. The van der Waals surface area contributed by atoms with Gasteiger partial charge < -0.3 is 14.6 Å². The Morgan fingerprint density at radius 2 is 2.14 bits per heavy atom. The summed E-state index contributed by atoms with van der Waals surface area (Å²) in [6.45, 7) is 12.2. The molecule has 0 amide bonds. The molecule has 0 bridgehead atoms. The van der Waals surface area contributed by atoms with Gasteiger partial charge in [-0.1, -0.05) is 33.8 Å². The zero-order chi connectivity index (χ0) is 16.8. The van der Waals surface area contributed by atoms with E-state index in [4.69, 9.17) is 9.47 Å². The number of hydrogen-bond acceptors (Lipinski definition) is 4. The second-order valence-electron chi connectivity index (χ2n) is 7.03. The van der Waals surface area contributed by atoms with Crippen LogP contribution in [0, 0.1) is 17.3 Å². The molecule has 0 saturated carbocycles. The summed E-state index contributed by atoms with van der Waals surface area (Å²) in [4.78, 5) is 12.8. The number of Topliss-reactive ketones (excluding diaryl/α,β-unsaturated/α-hetero) is 1. The summed E-state index contributed by atoms with van der Waals surface area (Å²) in [5, 5.41) is 10.5. The lowest BCUT2D eigenvalue weighted by Gasteiger charge is -2.38. The summed E-state index contributed by atoms with van der Waals surface area (Å²) in [5.74, 6) is -0.215. The molecule has 22 heavy (non-hydrogen) atoms. The molecule has 0 radical (unpaired) electrons. The van der Waals surface area contributed by atoms with Gasteiger partial charge in [-0.25, -0.2) is 0 Å². The highest BCUT2D eigenvalue weighted by atomic mass is 16.7. The molecular weight excluding hydrogens is 280 g/mol. The van der Waals surface area contributed by atoms with E-state index in [9.17, 15) is 9.90 Å². The maximum Gasteiger partial charge on any atom is 0.147 e. The van der Waals surface area contributed by atoms with Crippen LogP contribution in [0.2, 0.25) is 0 Å². The van der Waals surface area contributed by atoms with E-state index in [0.29, 0.717) is 6.61 Å². The first-order valence-corrected chi connectivity index (χ1v) is 8.35. The summed E-state index contributed by atoms with van der Waals surface area (Å²) in [6.07, 6.45) is 4.70. The Kier molecular flexibility index (Phi) is 7.74. The molecule has 1 N–H and O–H groups in total. The lowest BCUT2D eigenvalue weighted by molar-refractivity contribution is -0.181. The van der Waals surface area contributed by atoms with Gasteiger partial charge in [-0.15, -0.1) is 6.58 Å². The van der Waals surface area contributed by atoms with Crippen molar-refractivity contribution in [2.45, 2.75) is 65.6 Å². The summed E-state index contributed by atoms with van der Waals surface area (Å²) >= 11 is 0. The van der Waals surface area contributed by atoms with Gasteiger partial charge in [0.2, 0.25) is 0 Å². The third kappa shape index (κ3) is 4.90. The number of carbonyl (C=O) groups is 1. The lowest BCUT2D eigenvalue weighted by atomic mass is 9.73. The number of allylic oxidation sites excluding steroid dienone is 1. The van der Waals surface area contributed by atoms with Gasteiger partial charge in [0.15, 0.2) is 0 Å². The topological polar surface area (TPSA) is 55.8 Å². The molecule has 0 aromatic carbocycles. The Balaban J connectivity index is 2.62. The van der Waals surface area contributed by atoms with Gasteiger partial charge in [0, 0.05) is 5.92 Å². The Bertz CT molecular complexity index is 358. The maximum atomic E-state index is 12.8. The summed E-state index contributed by atoms with van der Waals surface area (Å²) in [7, 11) is 0. The molecule has 1 aliphatic heterocycles. The van der Waals surface area contributed by atoms with Crippen LogP contribution in [-0.4, -0.2) is 36.5 Å². The third-order valence-electron chi connectivity index (χ3n) is 4.89. The minimum absolute atomic E-state index is 0.0717. The van der Waals surface area contributed by atoms with E-state index in [2.05, 4.69) is 6.58 Å². The number of rotatable bonds is 9. The van der Waals surface area contributed by atoms with Gasteiger partial charge in [0.05, 0.1) is 24.2 Å². The average Bonchev–Trinajstić information content (AvgIpc) is 2.53. The SMILES string of the molecule is C=CCCCC(C)[C@H](O)[C@@H](C)C(=O)C(C)(C)[C@@H]1CCOCO1. The van der Waals surface area contributed by atoms with Crippen LogP contribution in [0.3, 0.4) is 0 Å². The number of aliphatic hydroxyl groups is 1. The highest BCUT2D eigenvalue weighted by molar-refractivity contribution is 5.87. The predicted octanol–water partition coefficient (Wildman–Crippen LogP) is 3.33. The first-order valence-electron chi connectivity index (χ1n) is 8.35. The van der Waals surface area contributed by atoms with Crippen molar-refractivity contribution in [3.63, 3.8) is 0 Å². The number of unbranched alkanes of at least 4 members (excludes halogenated alkanes) is 1. The van der Waals surface area contributed by atoms with Gasteiger partial charge in [0.1, 0.15) is 12.6 Å². The third-order valence-corrected chi connectivity index (χ3v) is 4.89. The van der Waals surface area contributed by atoms with Gasteiger partial charge in [-0.3, -0.25) is 4.79 Å². The molecule has 0 aromatic rings.